The van der Waals surface area contributed by atoms with E-state index in [0.717, 1.165) is 44.7 Å². The molecule has 1 atom stereocenters. The third-order valence-corrected chi connectivity index (χ3v) is 6.27. The van der Waals surface area contributed by atoms with Crippen molar-refractivity contribution in [2.45, 2.75) is 38.6 Å². The summed E-state index contributed by atoms with van der Waals surface area (Å²) in [5, 5.41) is 0.698. The maximum Gasteiger partial charge on any atom is 0.253 e. The third-order valence-electron chi connectivity index (χ3n) is 5.96. The van der Waals surface area contributed by atoms with Gasteiger partial charge in [-0.15, -0.1) is 0 Å². The van der Waals surface area contributed by atoms with Gasteiger partial charge in [-0.1, -0.05) is 11.6 Å². The molecule has 0 aliphatic carbocycles. The number of halogens is 1. The van der Waals surface area contributed by atoms with E-state index in [-0.39, 0.29) is 5.91 Å². The average Bonchev–Trinajstić information content (AvgIpc) is 3.14. The summed E-state index contributed by atoms with van der Waals surface area (Å²) >= 11 is 6.47. The maximum atomic E-state index is 12.8. The molecule has 2 aliphatic rings. The van der Waals surface area contributed by atoms with E-state index in [1.54, 1.807) is 0 Å². The monoisotopic (exact) mass is 363 g/mol. The zero-order valence-electron chi connectivity index (χ0n) is 15.7. The highest BCUT2D eigenvalue weighted by atomic mass is 35.5. The average molecular weight is 364 g/mol. The Balaban J connectivity index is 1.63. The molecule has 2 fully saturated rings. The SMILES string of the molecule is CC(C1CCN(C(=O)c2ccc(N3CCCC3)c(Cl)c2)CC1)N(C)C. The number of rotatable bonds is 4. The van der Waals surface area contributed by atoms with E-state index in [1.165, 1.54) is 12.8 Å². The van der Waals surface area contributed by atoms with Crippen molar-refractivity contribution >= 4 is 23.2 Å². The highest BCUT2D eigenvalue weighted by molar-refractivity contribution is 6.33. The van der Waals surface area contributed by atoms with Crippen LogP contribution in [0.2, 0.25) is 5.02 Å². The van der Waals surface area contributed by atoms with E-state index in [1.807, 2.05) is 23.1 Å². The van der Waals surface area contributed by atoms with Gasteiger partial charge in [-0.3, -0.25) is 4.79 Å². The fourth-order valence-electron chi connectivity index (χ4n) is 4.04. The number of carbonyl (C=O) groups excluding carboxylic acids is 1. The van der Waals surface area contributed by atoms with Gasteiger partial charge >= 0.3 is 0 Å². The minimum absolute atomic E-state index is 0.117. The number of hydrogen-bond donors (Lipinski definition) is 0. The van der Waals surface area contributed by atoms with Crippen LogP contribution in [0.3, 0.4) is 0 Å². The Labute approximate surface area is 156 Å². The molecular formula is C20H30ClN3O. The molecule has 2 aliphatic heterocycles. The van der Waals surface area contributed by atoms with Gasteiger partial charge in [0.15, 0.2) is 0 Å². The van der Waals surface area contributed by atoms with Gasteiger partial charge in [0, 0.05) is 37.8 Å². The lowest BCUT2D eigenvalue weighted by atomic mass is 9.89. The number of benzene rings is 1. The summed E-state index contributed by atoms with van der Waals surface area (Å²) in [5.41, 5.74) is 1.78. The highest BCUT2D eigenvalue weighted by Gasteiger charge is 2.28. The van der Waals surface area contributed by atoms with Gasteiger partial charge in [-0.05, 0) is 70.8 Å². The van der Waals surface area contributed by atoms with Crippen LogP contribution in [0.4, 0.5) is 5.69 Å². The summed E-state index contributed by atoms with van der Waals surface area (Å²) in [4.78, 5) is 19.4. The fourth-order valence-corrected chi connectivity index (χ4v) is 4.34. The second-order valence-electron chi connectivity index (χ2n) is 7.69. The number of anilines is 1. The number of carbonyl (C=O) groups is 1. The predicted octanol–water partition coefficient (Wildman–Crippen LogP) is 3.74. The Morgan fingerprint density at radius 2 is 1.80 bits per heavy atom. The van der Waals surface area contributed by atoms with Gasteiger partial charge in [0.2, 0.25) is 0 Å². The summed E-state index contributed by atoms with van der Waals surface area (Å²) in [6.45, 7) is 6.08. The molecule has 4 nitrogen and oxygen atoms in total. The van der Waals surface area contributed by atoms with Crippen LogP contribution in [0.5, 0.6) is 0 Å². The zero-order chi connectivity index (χ0) is 18.0. The molecule has 0 radical (unpaired) electrons. The van der Waals surface area contributed by atoms with E-state index in [2.05, 4.69) is 30.8 Å². The van der Waals surface area contributed by atoms with Crippen molar-refractivity contribution < 1.29 is 4.79 Å². The summed E-state index contributed by atoms with van der Waals surface area (Å²) in [6, 6.07) is 6.37. The minimum atomic E-state index is 0.117. The molecule has 0 spiro atoms. The van der Waals surface area contributed by atoms with E-state index >= 15 is 0 Å². The first-order valence-corrected chi connectivity index (χ1v) is 9.85. The first-order valence-electron chi connectivity index (χ1n) is 9.47. The van der Waals surface area contributed by atoms with Crippen LogP contribution < -0.4 is 4.90 Å². The maximum absolute atomic E-state index is 12.8. The lowest BCUT2D eigenvalue weighted by Crippen LogP contribution is -2.43. The van der Waals surface area contributed by atoms with Crippen molar-refractivity contribution in [1.29, 1.82) is 0 Å². The standard InChI is InChI=1S/C20H30ClN3O/c1-15(22(2)3)16-8-12-24(13-9-16)20(25)17-6-7-19(18(21)14-17)23-10-4-5-11-23/h6-7,14-16H,4-5,8-13H2,1-3H3. The number of amides is 1. The molecule has 25 heavy (non-hydrogen) atoms. The van der Waals surface area contributed by atoms with Crippen molar-refractivity contribution in [2.24, 2.45) is 5.92 Å². The third kappa shape index (κ3) is 4.12. The molecule has 0 aromatic heterocycles. The molecule has 3 rings (SSSR count). The second kappa shape index (κ2) is 7.96. The van der Waals surface area contributed by atoms with Crippen LogP contribution in [-0.4, -0.2) is 62.0 Å². The van der Waals surface area contributed by atoms with E-state index in [9.17, 15) is 4.79 Å². The Bertz CT molecular complexity index is 605. The van der Waals surface area contributed by atoms with E-state index < -0.39 is 0 Å². The fraction of sp³-hybridized carbons (Fsp3) is 0.650. The van der Waals surface area contributed by atoms with Gasteiger partial charge in [0.05, 0.1) is 10.7 Å². The van der Waals surface area contributed by atoms with Gasteiger partial charge < -0.3 is 14.7 Å². The Morgan fingerprint density at radius 1 is 1.16 bits per heavy atom. The Hall–Kier alpha value is -1.26. The smallest absolute Gasteiger partial charge is 0.253 e. The molecular weight excluding hydrogens is 334 g/mol. The number of nitrogens with zero attached hydrogens (tertiary/aromatic N) is 3. The molecule has 5 heteroatoms. The predicted molar refractivity (Wildman–Crippen MR) is 105 cm³/mol. The van der Waals surface area contributed by atoms with Gasteiger partial charge in [-0.25, -0.2) is 0 Å². The molecule has 1 aromatic rings. The lowest BCUT2D eigenvalue weighted by Gasteiger charge is -2.37. The molecule has 0 N–H and O–H groups in total. The van der Waals surface area contributed by atoms with Crippen LogP contribution >= 0.6 is 11.6 Å². The quantitative estimate of drug-likeness (QED) is 0.815. The van der Waals surface area contributed by atoms with E-state index in [0.29, 0.717) is 22.5 Å². The molecule has 2 heterocycles. The van der Waals surface area contributed by atoms with Crippen molar-refractivity contribution in [3.05, 3.63) is 28.8 Å². The molecule has 2 saturated heterocycles. The van der Waals surface area contributed by atoms with Crippen LogP contribution in [0.15, 0.2) is 18.2 Å². The number of hydrogen-bond acceptors (Lipinski definition) is 3. The first kappa shape index (κ1) is 18.5. The van der Waals surface area contributed by atoms with Crippen LogP contribution in [0.1, 0.15) is 43.0 Å². The van der Waals surface area contributed by atoms with Crippen LogP contribution in [0, 0.1) is 5.92 Å². The molecule has 0 saturated carbocycles. The molecule has 1 unspecified atom stereocenters. The van der Waals surface area contributed by atoms with Crippen molar-refractivity contribution in [2.75, 3.05) is 45.2 Å². The largest absolute Gasteiger partial charge is 0.370 e. The van der Waals surface area contributed by atoms with Gasteiger partial charge in [-0.2, -0.15) is 0 Å². The van der Waals surface area contributed by atoms with Crippen molar-refractivity contribution in [3.8, 4) is 0 Å². The first-order chi connectivity index (χ1) is 12.0. The Kier molecular flexibility index (Phi) is 5.90. The summed E-state index contributed by atoms with van der Waals surface area (Å²) < 4.78 is 0. The van der Waals surface area contributed by atoms with Crippen molar-refractivity contribution in [3.63, 3.8) is 0 Å². The molecule has 138 valence electrons. The number of piperidine rings is 1. The Morgan fingerprint density at radius 3 is 2.36 bits per heavy atom. The lowest BCUT2D eigenvalue weighted by molar-refractivity contribution is 0.0641. The topological polar surface area (TPSA) is 26.8 Å². The van der Waals surface area contributed by atoms with Crippen LogP contribution in [0.25, 0.3) is 0 Å². The molecule has 1 amide bonds. The van der Waals surface area contributed by atoms with Crippen molar-refractivity contribution in [1.82, 2.24) is 9.80 Å². The minimum Gasteiger partial charge on any atom is -0.370 e. The second-order valence-corrected chi connectivity index (χ2v) is 8.10. The van der Waals surface area contributed by atoms with Gasteiger partial charge in [0.25, 0.3) is 5.91 Å². The molecule has 0 bridgehead atoms. The van der Waals surface area contributed by atoms with Crippen LogP contribution in [-0.2, 0) is 0 Å². The van der Waals surface area contributed by atoms with E-state index in [4.69, 9.17) is 11.6 Å². The summed E-state index contributed by atoms with van der Waals surface area (Å²) in [5.74, 6) is 0.783. The normalized spacial score (nSPS) is 20.4. The summed E-state index contributed by atoms with van der Waals surface area (Å²) in [7, 11) is 4.26. The van der Waals surface area contributed by atoms with Gasteiger partial charge in [0.1, 0.15) is 0 Å². The zero-order valence-corrected chi connectivity index (χ0v) is 16.4. The summed E-state index contributed by atoms with van der Waals surface area (Å²) in [6.07, 6.45) is 4.59. The highest BCUT2D eigenvalue weighted by Crippen LogP contribution is 2.30. The number of likely N-dealkylation sites (tertiary alicyclic amines) is 1. The molecule has 1 aromatic carbocycles.